The molecule has 0 amide bonds. The average molecular weight is 267 g/mol. The lowest BCUT2D eigenvalue weighted by Gasteiger charge is -2.11. The molecular formula is C14H25N3S. The van der Waals surface area contributed by atoms with E-state index < -0.39 is 0 Å². The zero-order valence-electron chi connectivity index (χ0n) is 11.6. The normalized spacial score (nSPS) is 18.3. The number of aromatic nitrogens is 2. The molecule has 1 aromatic rings. The predicted molar refractivity (Wildman–Crippen MR) is 79.0 cm³/mol. The molecule has 1 atom stereocenters. The Balaban J connectivity index is 1.73. The summed E-state index contributed by atoms with van der Waals surface area (Å²) in [4.78, 5) is 0. The molecule has 2 rings (SSSR count). The summed E-state index contributed by atoms with van der Waals surface area (Å²) in [6, 6.07) is 2.82. The molecule has 1 unspecified atom stereocenters. The topological polar surface area (TPSA) is 29.9 Å². The van der Waals surface area contributed by atoms with Gasteiger partial charge in [0, 0.05) is 12.7 Å². The van der Waals surface area contributed by atoms with Gasteiger partial charge in [-0.1, -0.05) is 19.8 Å². The van der Waals surface area contributed by atoms with Crippen molar-refractivity contribution in [2.24, 2.45) is 5.92 Å². The molecule has 1 heterocycles. The van der Waals surface area contributed by atoms with Gasteiger partial charge in [-0.2, -0.15) is 16.9 Å². The fraction of sp³-hybridized carbons (Fsp3) is 0.786. The molecule has 0 spiro atoms. The number of nitrogens with one attached hydrogen (secondary N) is 1. The van der Waals surface area contributed by atoms with Crippen molar-refractivity contribution in [3.63, 3.8) is 0 Å². The molecule has 1 aromatic heterocycles. The van der Waals surface area contributed by atoms with Gasteiger partial charge in [-0.25, -0.2) is 0 Å². The first-order valence-electron chi connectivity index (χ1n) is 7.03. The third-order valence-electron chi connectivity index (χ3n) is 3.61. The monoisotopic (exact) mass is 267 g/mol. The zero-order valence-corrected chi connectivity index (χ0v) is 12.4. The van der Waals surface area contributed by atoms with Crippen LogP contribution in [0.25, 0.3) is 0 Å². The predicted octanol–water partition coefficient (Wildman–Crippen LogP) is 3.09. The number of hydrogen-bond donors (Lipinski definition) is 1. The highest BCUT2D eigenvalue weighted by molar-refractivity contribution is 7.98. The van der Waals surface area contributed by atoms with Gasteiger partial charge in [-0.05, 0) is 43.4 Å². The van der Waals surface area contributed by atoms with E-state index in [9.17, 15) is 0 Å². The summed E-state index contributed by atoms with van der Waals surface area (Å²) in [6.45, 7) is 4.27. The van der Waals surface area contributed by atoms with Crippen LogP contribution in [0.15, 0.2) is 12.3 Å². The molecule has 4 heteroatoms. The Morgan fingerprint density at radius 2 is 2.28 bits per heavy atom. The van der Waals surface area contributed by atoms with Crippen LogP contribution in [-0.4, -0.2) is 28.3 Å². The van der Waals surface area contributed by atoms with Crippen LogP contribution in [0.1, 0.15) is 44.3 Å². The third-order valence-corrected chi connectivity index (χ3v) is 4.51. The van der Waals surface area contributed by atoms with Crippen LogP contribution in [0.2, 0.25) is 0 Å². The minimum Gasteiger partial charge on any atom is -0.311 e. The first kappa shape index (κ1) is 13.9. The molecule has 1 aliphatic rings. The van der Waals surface area contributed by atoms with Crippen molar-refractivity contribution in [3.05, 3.63) is 18.0 Å². The van der Waals surface area contributed by atoms with E-state index in [0.29, 0.717) is 6.04 Å². The highest BCUT2D eigenvalue weighted by atomic mass is 32.2. The molecule has 102 valence electrons. The average Bonchev–Trinajstić information content (AvgIpc) is 2.99. The highest BCUT2D eigenvalue weighted by Gasteiger charge is 2.17. The Hall–Kier alpha value is -0.480. The summed E-state index contributed by atoms with van der Waals surface area (Å²) in [5, 5.41) is 8.19. The molecule has 1 aliphatic carbocycles. The van der Waals surface area contributed by atoms with Gasteiger partial charge in [0.15, 0.2) is 0 Å². The van der Waals surface area contributed by atoms with Crippen molar-refractivity contribution in [1.82, 2.24) is 15.1 Å². The molecular weight excluding hydrogens is 242 g/mol. The minimum absolute atomic E-state index is 0.661. The summed E-state index contributed by atoms with van der Waals surface area (Å²) >= 11 is 1.92. The van der Waals surface area contributed by atoms with Crippen LogP contribution in [0.5, 0.6) is 0 Å². The van der Waals surface area contributed by atoms with Gasteiger partial charge in [0.25, 0.3) is 0 Å². The van der Waals surface area contributed by atoms with Crippen molar-refractivity contribution in [2.75, 3.05) is 18.6 Å². The molecule has 1 N–H and O–H groups in total. The largest absolute Gasteiger partial charge is 0.311 e. The second kappa shape index (κ2) is 7.19. The Morgan fingerprint density at radius 3 is 3.00 bits per heavy atom. The summed E-state index contributed by atoms with van der Waals surface area (Å²) in [7, 11) is 0. The molecule has 0 aromatic carbocycles. The van der Waals surface area contributed by atoms with E-state index in [-0.39, 0.29) is 0 Å². The van der Waals surface area contributed by atoms with Gasteiger partial charge < -0.3 is 5.32 Å². The van der Waals surface area contributed by atoms with E-state index in [2.05, 4.69) is 40.5 Å². The van der Waals surface area contributed by atoms with Crippen molar-refractivity contribution >= 4 is 11.8 Å². The number of rotatable bonds is 7. The Kier molecular flexibility index (Phi) is 5.57. The molecule has 0 bridgehead atoms. The van der Waals surface area contributed by atoms with E-state index >= 15 is 0 Å². The summed E-state index contributed by atoms with van der Waals surface area (Å²) in [5.74, 6) is 1.96. The fourth-order valence-electron chi connectivity index (χ4n) is 2.63. The quantitative estimate of drug-likeness (QED) is 0.823. The number of nitrogens with zero attached hydrogens (tertiary/aromatic N) is 2. The van der Waals surface area contributed by atoms with Crippen molar-refractivity contribution in [1.29, 1.82) is 0 Å². The van der Waals surface area contributed by atoms with E-state index in [1.54, 1.807) is 0 Å². The standard InChI is InChI=1S/C14H25N3S/c1-12(11-18-2)9-15-10-13-7-8-17(16-13)14-5-3-4-6-14/h7-8,12,14-15H,3-6,9-11H2,1-2H3. The van der Waals surface area contributed by atoms with E-state index in [1.165, 1.54) is 37.1 Å². The maximum absolute atomic E-state index is 4.68. The molecule has 0 aliphatic heterocycles. The van der Waals surface area contributed by atoms with Gasteiger partial charge in [-0.15, -0.1) is 0 Å². The number of thioether (sulfide) groups is 1. The van der Waals surface area contributed by atoms with Crippen molar-refractivity contribution < 1.29 is 0 Å². The number of hydrogen-bond acceptors (Lipinski definition) is 3. The second-order valence-electron chi connectivity index (χ2n) is 5.42. The van der Waals surface area contributed by atoms with Crippen molar-refractivity contribution in [2.45, 2.75) is 45.2 Å². The molecule has 18 heavy (non-hydrogen) atoms. The first-order valence-corrected chi connectivity index (χ1v) is 8.42. The van der Waals surface area contributed by atoms with E-state index in [0.717, 1.165) is 19.0 Å². The Bertz CT molecular complexity index is 345. The third kappa shape index (κ3) is 4.02. The summed E-state index contributed by atoms with van der Waals surface area (Å²) < 4.78 is 2.18. The smallest absolute Gasteiger partial charge is 0.0762 e. The van der Waals surface area contributed by atoms with Crippen molar-refractivity contribution in [3.8, 4) is 0 Å². The van der Waals surface area contributed by atoms with Gasteiger partial charge in [-0.3, -0.25) is 4.68 Å². The van der Waals surface area contributed by atoms with E-state index in [4.69, 9.17) is 0 Å². The summed E-state index contributed by atoms with van der Waals surface area (Å²) in [5.41, 5.74) is 1.18. The maximum atomic E-state index is 4.68. The van der Waals surface area contributed by atoms with Gasteiger partial charge >= 0.3 is 0 Å². The first-order chi connectivity index (χ1) is 8.79. The van der Waals surface area contributed by atoms with Crippen LogP contribution >= 0.6 is 11.8 Å². The molecule has 1 fully saturated rings. The lowest BCUT2D eigenvalue weighted by Crippen LogP contribution is -2.22. The van der Waals surface area contributed by atoms with Crippen LogP contribution in [0.3, 0.4) is 0 Å². The molecule has 3 nitrogen and oxygen atoms in total. The van der Waals surface area contributed by atoms with Crippen LogP contribution in [0.4, 0.5) is 0 Å². The SMILES string of the molecule is CSCC(C)CNCc1ccn(C2CCCC2)n1. The van der Waals surface area contributed by atoms with Crippen LogP contribution in [-0.2, 0) is 6.54 Å². The second-order valence-corrected chi connectivity index (χ2v) is 6.33. The lowest BCUT2D eigenvalue weighted by molar-refractivity contribution is 0.459. The van der Waals surface area contributed by atoms with Gasteiger partial charge in [0.2, 0.25) is 0 Å². The van der Waals surface area contributed by atoms with Crippen LogP contribution < -0.4 is 5.32 Å². The van der Waals surface area contributed by atoms with Gasteiger partial charge in [0.1, 0.15) is 0 Å². The Morgan fingerprint density at radius 1 is 1.50 bits per heavy atom. The fourth-order valence-corrected chi connectivity index (χ4v) is 3.32. The molecule has 0 saturated heterocycles. The molecule has 1 saturated carbocycles. The maximum Gasteiger partial charge on any atom is 0.0762 e. The Labute approximate surface area is 115 Å². The van der Waals surface area contributed by atoms with Gasteiger partial charge in [0.05, 0.1) is 11.7 Å². The lowest BCUT2D eigenvalue weighted by atomic mass is 10.2. The summed E-state index contributed by atoms with van der Waals surface area (Å²) in [6.07, 6.45) is 9.66. The van der Waals surface area contributed by atoms with E-state index in [1.807, 2.05) is 11.8 Å². The highest BCUT2D eigenvalue weighted by Crippen LogP contribution is 2.28. The minimum atomic E-state index is 0.661. The zero-order chi connectivity index (χ0) is 12.8. The molecule has 0 radical (unpaired) electrons. The van der Waals surface area contributed by atoms with Crippen LogP contribution in [0, 0.1) is 5.92 Å².